The van der Waals surface area contributed by atoms with Gasteiger partial charge in [0.25, 0.3) is 0 Å². The summed E-state index contributed by atoms with van der Waals surface area (Å²) >= 11 is 0. The molecular weight excluding hydrogens is 432 g/mol. The molecule has 3 heterocycles. The quantitative estimate of drug-likeness (QED) is 0.606. The zero-order valence-corrected chi connectivity index (χ0v) is 20.2. The summed E-state index contributed by atoms with van der Waals surface area (Å²) in [5, 5.41) is 14.5. The van der Waals surface area contributed by atoms with Crippen molar-refractivity contribution in [3.63, 3.8) is 0 Å². The van der Waals surface area contributed by atoms with E-state index in [9.17, 15) is 14.7 Å². The predicted molar refractivity (Wildman–Crippen MR) is 130 cm³/mol. The second kappa shape index (κ2) is 9.13. The zero-order valence-electron chi connectivity index (χ0n) is 20.2. The Kier molecular flexibility index (Phi) is 6.18. The van der Waals surface area contributed by atoms with Crippen molar-refractivity contribution in [1.29, 1.82) is 0 Å². The number of amides is 3. The molecule has 1 spiro atoms. The van der Waals surface area contributed by atoms with E-state index in [-0.39, 0.29) is 30.0 Å². The summed E-state index contributed by atoms with van der Waals surface area (Å²) < 4.78 is 5.44. The van der Waals surface area contributed by atoms with E-state index in [1.807, 2.05) is 28.9 Å². The number of hydrogen-bond donors (Lipinski definition) is 3. The molecule has 5 rings (SSSR count). The third-order valence-electron chi connectivity index (χ3n) is 7.94. The van der Waals surface area contributed by atoms with Crippen LogP contribution < -0.4 is 10.1 Å². The molecule has 1 saturated heterocycles. The smallest absolute Gasteiger partial charge is 0.317 e. The molecule has 1 saturated carbocycles. The fraction of sp³-hybridized carbons (Fsp3) is 0.615. The SMILES string of the molecule is CCCNC(=O)N1CCC2(CC1)CN(C(=O)CC1CC1)[C@@H](CO)c1[nH]c3cc(OC)ccc3c12. The topological polar surface area (TPSA) is 97.9 Å². The molecule has 0 radical (unpaired) electrons. The molecule has 34 heavy (non-hydrogen) atoms. The van der Waals surface area contributed by atoms with Gasteiger partial charge in [0, 0.05) is 60.7 Å². The highest BCUT2D eigenvalue weighted by atomic mass is 16.5. The fourth-order valence-electron chi connectivity index (χ4n) is 5.84. The van der Waals surface area contributed by atoms with Gasteiger partial charge in [-0.3, -0.25) is 4.79 Å². The Balaban J connectivity index is 1.53. The number of fused-ring (bicyclic) bond motifs is 4. The van der Waals surface area contributed by atoms with E-state index in [0.29, 0.717) is 38.5 Å². The van der Waals surface area contributed by atoms with Crippen LogP contribution in [0.1, 0.15) is 62.7 Å². The highest BCUT2D eigenvalue weighted by molar-refractivity contribution is 5.89. The minimum Gasteiger partial charge on any atom is -0.497 e. The van der Waals surface area contributed by atoms with Crippen LogP contribution in [0.15, 0.2) is 18.2 Å². The maximum atomic E-state index is 13.4. The first-order chi connectivity index (χ1) is 16.5. The number of likely N-dealkylation sites (tertiary alicyclic amines) is 1. The molecule has 3 amide bonds. The van der Waals surface area contributed by atoms with Gasteiger partial charge in [-0.2, -0.15) is 0 Å². The van der Waals surface area contributed by atoms with Gasteiger partial charge in [0.05, 0.1) is 19.8 Å². The number of aliphatic hydroxyl groups excluding tert-OH is 1. The Bertz CT molecular complexity index is 1070. The molecule has 1 atom stereocenters. The summed E-state index contributed by atoms with van der Waals surface area (Å²) in [6.07, 6.45) is 5.27. The highest BCUT2D eigenvalue weighted by Crippen LogP contribution is 2.49. The molecule has 184 valence electrons. The molecule has 1 aromatic heterocycles. The largest absolute Gasteiger partial charge is 0.497 e. The lowest BCUT2D eigenvalue weighted by molar-refractivity contribution is -0.137. The second-order valence-corrected chi connectivity index (χ2v) is 10.2. The van der Waals surface area contributed by atoms with Crippen molar-refractivity contribution in [2.75, 3.05) is 39.9 Å². The number of urea groups is 1. The van der Waals surface area contributed by atoms with Crippen LogP contribution in [-0.4, -0.2) is 71.7 Å². The first-order valence-corrected chi connectivity index (χ1v) is 12.6. The van der Waals surface area contributed by atoms with E-state index in [1.54, 1.807) is 7.11 Å². The summed E-state index contributed by atoms with van der Waals surface area (Å²) in [6, 6.07) is 5.65. The van der Waals surface area contributed by atoms with Crippen molar-refractivity contribution in [1.82, 2.24) is 20.1 Å². The summed E-state index contributed by atoms with van der Waals surface area (Å²) in [5.74, 6) is 1.39. The lowest BCUT2D eigenvalue weighted by atomic mass is 9.68. The number of nitrogens with zero attached hydrogens (tertiary/aromatic N) is 2. The Morgan fingerprint density at radius 1 is 1.26 bits per heavy atom. The molecule has 8 heteroatoms. The second-order valence-electron chi connectivity index (χ2n) is 10.2. The number of methoxy groups -OCH3 is 1. The van der Waals surface area contributed by atoms with E-state index in [1.165, 1.54) is 5.56 Å². The Morgan fingerprint density at radius 3 is 2.68 bits per heavy atom. The molecular formula is C26H36N4O4. The van der Waals surface area contributed by atoms with Crippen LogP contribution in [0.4, 0.5) is 4.79 Å². The molecule has 2 aliphatic heterocycles. The van der Waals surface area contributed by atoms with E-state index >= 15 is 0 Å². The number of ether oxygens (including phenoxy) is 1. The van der Waals surface area contributed by atoms with Gasteiger partial charge in [-0.1, -0.05) is 6.92 Å². The Morgan fingerprint density at radius 2 is 2.03 bits per heavy atom. The van der Waals surface area contributed by atoms with Crippen LogP contribution in [-0.2, 0) is 10.2 Å². The lowest BCUT2D eigenvalue weighted by Crippen LogP contribution is -2.56. The standard InChI is InChI=1S/C26H36N4O4/c1-3-10-27-25(33)29-11-8-26(9-12-29)16-30(22(32)13-17-4-5-17)21(15-31)24-23(26)19-7-6-18(34-2)14-20(19)28-24/h6-7,14,17,21,28,31H,3-5,8-13,15-16H2,1-2H3,(H,27,33)/t21-/m0/s1. The van der Waals surface area contributed by atoms with Gasteiger partial charge in [0.1, 0.15) is 5.75 Å². The monoisotopic (exact) mass is 468 g/mol. The van der Waals surface area contributed by atoms with Gasteiger partial charge >= 0.3 is 6.03 Å². The van der Waals surface area contributed by atoms with E-state index in [0.717, 1.165) is 54.5 Å². The molecule has 2 fully saturated rings. The van der Waals surface area contributed by atoms with Gasteiger partial charge in [-0.05, 0) is 55.7 Å². The van der Waals surface area contributed by atoms with Gasteiger partial charge in [0.2, 0.25) is 5.91 Å². The maximum absolute atomic E-state index is 13.4. The third kappa shape index (κ3) is 4.02. The molecule has 1 aliphatic carbocycles. The van der Waals surface area contributed by atoms with Crippen LogP contribution in [0.3, 0.4) is 0 Å². The molecule has 1 aromatic carbocycles. The number of aromatic nitrogens is 1. The summed E-state index contributed by atoms with van der Waals surface area (Å²) in [4.78, 5) is 33.3. The number of aromatic amines is 1. The molecule has 2 aromatic rings. The average molecular weight is 469 g/mol. The van der Waals surface area contributed by atoms with Crippen LogP contribution in [0.25, 0.3) is 10.9 Å². The van der Waals surface area contributed by atoms with E-state index in [4.69, 9.17) is 4.74 Å². The minimum absolute atomic E-state index is 0.00806. The predicted octanol–water partition coefficient (Wildman–Crippen LogP) is 3.31. The zero-order chi connectivity index (χ0) is 23.9. The van der Waals surface area contributed by atoms with Gasteiger partial charge < -0.3 is 29.9 Å². The number of hydrogen-bond acceptors (Lipinski definition) is 4. The van der Waals surface area contributed by atoms with Gasteiger partial charge in [-0.15, -0.1) is 0 Å². The minimum atomic E-state index is -0.379. The van der Waals surface area contributed by atoms with Crippen molar-refractivity contribution in [2.45, 2.75) is 56.9 Å². The number of rotatable bonds is 6. The van der Waals surface area contributed by atoms with Crippen LogP contribution >= 0.6 is 0 Å². The number of carbonyl (C=O) groups is 2. The van der Waals surface area contributed by atoms with Gasteiger partial charge in [0.15, 0.2) is 0 Å². The Hall–Kier alpha value is -2.74. The molecule has 0 unspecified atom stereocenters. The van der Waals surface area contributed by atoms with Gasteiger partial charge in [-0.25, -0.2) is 4.79 Å². The van der Waals surface area contributed by atoms with Crippen molar-refractivity contribution < 1.29 is 19.4 Å². The first-order valence-electron chi connectivity index (χ1n) is 12.6. The number of aliphatic hydroxyl groups is 1. The van der Waals surface area contributed by atoms with Crippen molar-refractivity contribution in [3.8, 4) is 5.75 Å². The summed E-state index contributed by atoms with van der Waals surface area (Å²) in [7, 11) is 1.65. The normalized spacial score (nSPS) is 21.6. The maximum Gasteiger partial charge on any atom is 0.317 e. The van der Waals surface area contributed by atoms with Crippen molar-refractivity contribution in [3.05, 3.63) is 29.5 Å². The number of piperidine rings is 1. The molecule has 8 nitrogen and oxygen atoms in total. The fourth-order valence-corrected chi connectivity index (χ4v) is 5.84. The third-order valence-corrected chi connectivity index (χ3v) is 7.94. The number of carbonyl (C=O) groups excluding carboxylic acids is 2. The average Bonchev–Trinajstić information content (AvgIpc) is 3.58. The Labute approximate surface area is 200 Å². The highest BCUT2D eigenvalue weighted by Gasteiger charge is 2.49. The molecule has 3 aliphatic rings. The van der Waals surface area contributed by atoms with E-state index < -0.39 is 0 Å². The van der Waals surface area contributed by atoms with Crippen molar-refractivity contribution in [2.24, 2.45) is 5.92 Å². The van der Waals surface area contributed by atoms with Crippen molar-refractivity contribution >= 4 is 22.8 Å². The summed E-state index contributed by atoms with van der Waals surface area (Å²) in [5.41, 5.74) is 2.84. The summed E-state index contributed by atoms with van der Waals surface area (Å²) in [6.45, 7) is 4.48. The number of H-pyrrole nitrogens is 1. The first kappa shape index (κ1) is 23.0. The van der Waals surface area contributed by atoms with Crippen LogP contribution in [0.5, 0.6) is 5.75 Å². The number of benzene rings is 1. The van der Waals surface area contributed by atoms with E-state index in [2.05, 4.69) is 16.4 Å². The molecule has 3 N–H and O–H groups in total. The van der Waals surface area contributed by atoms with Crippen LogP contribution in [0.2, 0.25) is 0 Å². The lowest BCUT2D eigenvalue weighted by Gasteiger charge is -2.50. The number of nitrogens with one attached hydrogen (secondary N) is 2. The molecule has 0 bridgehead atoms. The van der Waals surface area contributed by atoms with Crippen LogP contribution in [0, 0.1) is 5.92 Å².